The van der Waals surface area contributed by atoms with Gasteiger partial charge in [0.25, 0.3) is 0 Å². The van der Waals surface area contributed by atoms with Gasteiger partial charge in [-0.1, -0.05) is 13.8 Å². The van der Waals surface area contributed by atoms with Crippen LogP contribution in [0.25, 0.3) is 0 Å². The summed E-state index contributed by atoms with van der Waals surface area (Å²) in [5, 5.41) is 0. The Morgan fingerprint density at radius 3 is 1.29 bits per heavy atom. The van der Waals surface area contributed by atoms with Gasteiger partial charge in [0.2, 0.25) is 0 Å². The van der Waals surface area contributed by atoms with Crippen LogP contribution in [0.1, 0.15) is 13.8 Å². The molecule has 0 unspecified atom stereocenters. The van der Waals surface area contributed by atoms with Crippen molar-refractivity contribution in [2.75, 3.05) is 20.9 Å². The third-order valence-electron chi connectivity index (χ3n) is 1.34. The molecule has 0 bridgehead atoms. The lowest BCUT2D eigenvalue weighted by Gasteiger charge is -2.04. The summed E-state index contributed by atoms with van der Waals surface area (Å²) in [6.07, 6.45) is 0. The van der Waals surface area contributed by atoms with E-state index in [4.69, 9.17) is 9.79 Å². The van der Waals surface area contributed by atoms with Crippen molar-refractivity contribution in [1.29, 1.82) is 0 Å². The average Bonchev–Trinajstić information content (AvgIpc) is 2.04. The van der Waals surface area contributed by atoms with Gasteiger partial charge in [-0.15, -0.1) is 0 Å². The summed E-state index contributed by atoms with van der Waals surface area (Å²) in [6, 6.07) is 0. The predicted molar refractivity (Wildman–Crippen MR) is 54.7 cm³/mol. The van der Waals surface area contributed by atoms with E-state index < -0.39 is 20.9 Å². The zero-order valence-electron chi connectivity index (χ0n) is 9.00. The fourth-order valence-electron chi connectivity index (χ4n) is 0.0745. The Hall–Kier alpha value is 0.300. The van der Waals surface area contributed by atoms with E-state index in [2.05, 4.69) is 9.05 Å². The standard InChI is InChI=1S/2C3H9O3P/c1-5-7(3,4)6-2;1-3(2)7(4,5)6/h1-3H3;3H,1-2H3,(H2,4,5,6). The van der Waals surface area contributed by atoms with Crippen LogP contribution >= 0.6 is 15.2 Å². The molecule has 88 valence electrons. The van der Waals surface area contributed by atoms with Crippen LogP contribution in [0.15, 0.2) is 0 Å². The molecule has 0 heterocycles. The maximum atomic E-state index is 10.5. The summed E-state index contributed by atoms with van der Waals surface area (Å²) in [4.78, 5) is 16.4. The van der Waals surface area contributed by atoms with Crippen LogP contribution in [0.2, 0.25) is 0 Å². The second-order valence-electron chi connectivity index (χ2n) is 2.82. The van der Waals surface area contributed by atoms with Crippen molar-refractivity contribution < 1.29 is 28.0 Å². The molecule has 14 heavy (non-hydrogen) atoms. The minimum atomic E-state index is -3.74. The molecule has 0 aliphatic rings. The SMILES string of the molecule is CC(C)P(=O)(O)O.COP(C)(=O)OC. The van der Waals surface area contributed by atoms with Gasteiger partial charge in [0.1, 0.15) is 0 Å². The smallest absolute Gasteiger partial charge is 0.324 e. The van der Waals surface area contributed by atoms with Crippen molar-refractivity contribution in [2.45, 2.75) is 19.5 Å². The van der Waals surface area contributed by atoms with E-state index in [1.807, 2.05) is 0 Å². The molecule has 0 aliphatic heterocycles. The van der Waals surface area contributed by atoms with E-state index in [9.17, 15) is 9.13 Å². The molecule has 0 saturated heterocycles. The largest absolute Gasteiger partial charge is 0.328 e. The van der Waals surface area contributed by atoms with E-state index in [0.717, 1.165) is 0 Å². The zero-order valence-corrected chi connectivity index (χ0v) is 10.8. The number of hydrogen-bond acceptors (Lipinski definition) is 4. The Morgan fingerprint density at radius 2 is 1.29 bits per heavy atom. The topological polar surface area (TPSA) is 93.1 Å². The molecule has 0 atom stereocenters. The number of rotatable bonds is 3. The molecule has 0 fully saturated rings. The Kier molecular flexibility index (Phi) is 8.03. The molecular formula is C6H18O6P2. The molecule has 6 nitrogen and oxygen atoms in total. The second-order valence-corrected chi connectivity index (χ2v) is 7.30. The Balaban J connectivity index is 0. The fraction of sp³-hybridized carbons (Fsp3) is 1.00. The van der Waals surface area contributed by atoms with Crippen molar-refractivity contribution in [2.24, 2.45) is 0 Å². The normalized spacial score (nSPS) is 12.3. The highest BCUT2D eigenvalue weighted by Crippen LogP contribution is 2.41. The summed E-state index contributed by atoms with van der Waals surface area (Å²) in [5.41, 5.74) is -0.535. The molecule has 2 N–H and O–H groups in total. The van der Waals surface area contributed by atoms with Crippen molar-refractivity contribution in [3.05, 3.63) is 0 Å². The first-order chi connectivity index (χ1) is 6.06. The monoisotopic (exact) mass is 248 g/mol. The van der Waals surface area contributed by atoms with Crippen LogP contribution < -0.4 is 0 Å². The van der Waals surface area contributed by atoms with E-state index in [1.165, 1.54) is 34.7 Å². The quantitative estimate of drug-likeness (QED) is 0.738. The molecule has 0 amide bonds. The summed E-state index contributed by atoms with van der Waals surface area (Å²) in [6.45, 7) is 4.38. The highest BCUT2D eigenvalue weighted by molar-refractivity contribution is 7.53. The molecule has 0 radical (unpaired) electrons. The highest BCUT2D eigenvalue weighted by Gasteiger charge is 2.17. The van der Waals surface area contributed by atoms with Crippen LogP contribution in [-0.4, -0.2) is 36.3 Å². The molecule has 0 aliphatic carbocycles. The lowest BCUT2D eigenvalue weighted by Crippen LogP contribution is -1.93. The number of hydrogen-bond donors (Lipinski definition) is 2. The van der Waals surface area contributed by atoms with Crippen molar-refractivity contribution in [3.63, 3.8) is 0 Å². The predicted octanol–water partition coefficient (Wildman–Crippen LogP) is 1.67. The fourth-order valence-corrected chi connectivity index (χ4v) is 0.224. The lowest BCUT2D eigenvalue weighted by molar-refractivity contribution is 0.282. The van der Waals surface area contributed by atoms with Gasteiger partial charge >= 0.3 is 15.2 Å². The van der Waals surface area contributed by atoms with Crippen LogP contribution in [0.5, 0.6) is 0 Å². The van der Waals surface area contributed by atoms with Crippen LogP contribution in [0.3, 0.4) is 0 Å². The molecular weight excluding hydrogens is 230 g/mol. The van der Waals surface area contributed by atoms with Gasteiger partial charge in [0.15, 0.2) is 0 Å². The minimum absolute atomic E-state index is 0.535. The summed E-state index contributed by atoms with van der Waals surface area (Å²) >= 11 is 0. The maximum Gasteiger partial charge on any atom is 0.328 e. The Morgan fingerprint density at radius 1 is 1.07 bits per heavy atom. The van der Waals surface area contributed by atoms with Crippen molar-refractivity contribution in [3.8, 4) is 0 Å². The van der Waals surface area contributed by atoms with Gasteiger partial charge in [0.05, 0.1) is 5.66 Å². The summed E-state index contributed by atoms with van der Waals surface area (Å²) in [5.74, 6) is 0. The van der Waals surface area contributed by atoms with Crippen LogP contribution in [0.4, 0.5) is 0 Å². The molecule has 0 aromatic rings. The van der Waals surface area contributed by atoms with Gasteiger partial charge in [-0.25, -0.2) is 0 Å². The van der Waals surface area contributed by atoms with Crippen LogP contribution in [0, 0.1) is 0 Å². The van der Waals surface area contributed by atoms with Gasteiger partial charge in [0, 0.05) is 20.9 Å². The summed E-state index contributed by atoms with van der Waals surface area (Å²) < 4.78 is 29.4. The maximum absolute atomic E-state index is 10.5. The van der Waals surface area contributed by atoms with Gasteiger partial charge in [-0.3, -0.25) is 9.13 Å². The van der Waals surface area contributed by atoms with E-state index in [1.54, 1.807) is 0 Å². The summed E-state index contributed by atoms with van der Waals surface area (Å²) in [7, 11) is -3.69. The van der Waals surface area contributed by atoms with Crippen molar-refractivity contribution >= 4 is 15.2 Å². The first kappa shape index (κ1) is 16.7. The molecule has 0 saturated carbocycles. The van der Waals surface area contributed by atoms with E-state index >= 15 is 0 Å². The second kappa shape index (κ2) is 6.72. The molecule has 0 aromatic heterocycles. The minimum Gasteiger partial charge on any atom is -0.324 e. The zero-order chi connectivity index (χ0) is 12.0. The Labute approximate surface area is 84.3 Å². The third-order valence-corrected chi connectivity index (χ3v) is 4.01. The van der Waals surface area contributed by atoms with Gasteiger partial charge in [-0.2, -0.15) is 0 Å². The average molecular weight is 248 g/mol. The molecule has 0 aromatic carbocycles. The molecule has 0 rings (SSSR count). The first-order valence-corrected chi connectivity index (χ1v) is 7.48. The molecule has 8 heteroatoms. The van der Waals surface area contributed by atoms with Gasteiger partial charge < -0.3 is 18.8 Å². The van der Waals surface area contributed by atoms with Crippen LogP contribution in [-0.2, 0) is 18.2 Å². The van der Waals surface area contributed by atoms with Gasteiger partial charge in [-0.05, 0) is 0 Å². The molecule has 0 spiro atoms. The van der Waals surface area contributed by atoms with E-state index in [-0.39, 0.29) is 0 Å². The lowest BCUT2D eigenvalue weighted by atomic mass is 10.6. The van der Waals surface area contributed by atoms with Crippen molar-refractivity contribution in [1.82, 2.24) is 0 Å². The van der Waals surface area contributed by atoms with E-state index in [0.29, 0.717) is 0 Å². The third kappa shape index (κ3) is 10.4. The Bertz CT molecular complexity index is 217. The first-order valence-electron chi connectivity index (χ1n) is 3.81. The highest BCUT2D eigenvalue weighted by atomic mass is 31.2.